The molecule has 0 bridgehead atoms. The highest BCUT2D eigenvalue weighted by Crippen LogP contribution is 2.57. The molecule has 116 heavy (non-hydrogen) atoms. The SMILES string of the molecule is CC(=O)N1CCC[C@H]1C(=O)N[C@H](C(=O)N[C@H]1CCCCC[C@@H](C(=O)N[C@@H](Cc2ccc([N+](=O)[O-])cc2)C(=O)N[C@@H](CC(C(=O)O)C(=O)O)C(=O)N[C@@H](CCC(N)=O)C(=O)N[C@@H](CCCCNC(=S)Nc2ccc3c(c2)C(=O)OC32c3ccc(O)cc3Oc3cc(O)ccc32)C(N)=O)NC(=O)[C@H](CC(=O)O)NC(=O)[C@H](C)NC1=O)C(C)C. The first-order valence-corrected chi connectivity index (χ1v) is 37.5. The lowest BCUT2D eigenvalue weighted by Gasteiger charge is -2.36. The Labute approximate surface area is 666 Å². The van der Waals surface area contributed by atoms with Gasteiger partial charge in [0.2, 0.25) is 70.9 Å². The van der Waals surface area contributed by atoms with Gasteiger partial charge in [-0.25, -0.2) is 4.79 Å². The number of phenolic OH excluding ortho intramolecular Hbond substituents is 2. The van der Waals surface area contributed by atoms with Gasteiger partial charge in [-0.3, -0.25) is 82.0 Å². The van der Waals surface area contributed by atoms with Gasteiger partial charge in [0, 0.05) is 85.9 Å². The number of esters is 1. The van der Waals surface area contributed by atoms with Crippen molar-refractivity contribution in [3.63, 3.8) is 0 Å². The van der Waals surface area contributed by atoms with E-state index in [1.807, 2.05) is 0 Å². The van der Waals surface area contributed by atoms with Gasteiger partial charge < -0.3 is 110 Å². The fourth-order valence-electron chi connectivity index (χ4n) is 13.7. The number of nitro benzene ring substituents is 1. The van der Waals surface area contributed by atoms with Crippen molar-refractivity contribution in [3.8, 4) is 23.0 Å². The van der Waals surface area contributed by atoms with Gasteiger partial charge in [0.25, 0.3) is 5.69 Å². The van der Waals surface area contributed by atoms with E-state index in [9.17, 15) is 112 Å². The lowest BCUT2D eigenvalue weighted by molar-refractivity contribution is -0.384. The average molecular weight is 1630 g/mol. The molecule has 622 valence electrons. The molecule has 0 radical (unpaired) electrons. The summed E-state index contributed by atoms with van der Waals surface area (Å²) in [5, 5.41) is 90.1. The second-order valence-corrected chi connectivity index (χ2v) is 29.1. The number of nitro groups is 1. The molecule has 2 saturated heterocycles. The van der Waals surface area contributed by atoms with Crippen LogP contribution in [0.1, 0.15) is 150 Å². The summed E-state index contributed by atoms with van der Waals surface area (Å²) in [6.45, 7) is 6.20. The number of nitrogens with zero attached hydrogens (tertiary/aromatic N) is 2. The van der Waals surface area contributed by atoms with E-state index < -0.39 is 209 Å². The van der Waals surface area contributed by atoms with E-state index >= 15 is 0 Å². The number of benzene rings is 4. The zero-order valence-electron chi connectivity index (χ0n) is 63.3. The van der Waals surface area contributed by atoms with Gasteiger partial charge in [-0.2, -0.15) is 0 Å². The van der Waals surface area contributed by atoms with Gasteiger partial charge in [0.05, 0.1) is 16.9 Å². The van der Waals surface area contributed by atoms with E-state index in [1.165, 1.54) is 49.1 Å². The number of likely N-dealkylation sites (tertiary alicyclic amines) is 1. The number of nitrogens with one attached hydrogen (secondary N) is 11. The Morgan fingerprint density at radius 3 is 1.89 bits per heavy atom. The molecule has 4 heterocycles. The number of phenols is 2. The lowest BCUT2D eigenvalue weighted by Crippen LogP contribution is -2.61. The molecule has 8 rings (SSSR count). The van der Waals surface area contributed by atoms with E-state index in [-0.39, 0.29) is 103 Å². The first-order chi connectivity index (χ1) is 54.8. The molecule has 2 fully saturated rings. The molecule has 10 atom stereocenters. The fourth-order valence-corrected chi connectivity index (χ4v) is 14.0. The standard InChI is InChI=1S/C75H91N15O25S/c1-35(2)60(88-69(105)55-14-10-28-89(55)37(4)91)70(106)84-49-12-6-5-7-13-50(82-68(104)54(34-59(95)96)85-62(98)36(3)79-63(49)99)64(100)86-52(29-38-15-18-40(19-16-38)90(112)113)66(102)87-53(33-44(71(107)108)72(109)110)67(103)83-51(25-26-58(76)94)65(101)81-48(61(77)97)11-8-9-27-78-74(116)80-39-17-22-45-43(30-39)73(111)115-75(45)46-23-20-41(92)31-56(46)114-57-32-42(93)21-24-47(57)75/h15-24,30-32,35-36,44,48-55,60,92-93H,5-14,25-29,33-34H2,1-4H3,(H2,76,94)(H2,77,97)(H,79,99)(H,81,101)(H,82,104)(H,83,103)(H,84,106)(H,85,98)(H,86,100)(H,87,102)(H,88,105)(H,95,96)(H,107,108)(H,109,110)(H2,78,80,116)/t36-,48-,49-,50-,51-,52-,53-,54-,55-,60-/m0/s1. The van der Waals surface area contributed by atoms with Crippen LogP contribution in [0.4, 0.5) is 11.4 Å². The van der Waals surface area contributed by atoms with Crippen molar-refractivity contribution in [2.45, 2.75) is 190 Å². The number of non-ortho nitro benzene ring substituents is 1. The second kappa shape index (κ2) is 39.6. The monoisotopic (exact) mass is 1630 g/mol. The molecule has 4 aliphatic rings. The van der Waals surface area contributed by atoms with Gasteiger partial charge in [-0.15, -0.1) is 0 Å². The van der Waals surface area contributed by atoms with Crippen molar-refractivity contribution in [1.29, 1.82) is 0 Å². The van der Waals surface area contributed by atoms with Crippen LogP contribution >= 0.6 is 12.2 Å². The van der Waals surface area contributed by atoms with Gasteiger partial charge >= 0.3 is 23.9 Å². The fraction of sp³-hybridized carbons (Fsp3) is 0.453. The number of rotatable bonds is 32. The highest BCUT2D eigenvalue weighted by atomic mass is 32.1. The number of aliphatic carboxylic acids is 3. The van der Waals surface area contributed by atoms with Gasteiger partial charge in [-0.05, 0) is 118 Å². The Kier molecular flexibility index (Phi) is 30.2. The Morgan fingerprint density at radius 2 is 1.28 bits per heavy atom. The molecule has 0 aromatic heterocycles. The molecule has 40 nitrogen and oxygen atoms in total. The number of aromatic hydroxyl groups is 2. The lowest BCUT2D eigenvalue weighted by atomic mass is 9.77. The van der Waals surface area contributed by atoms with Crippen molar-refractivity contribution >= 4 is 123 Å². The second-order valence-electron chi connectivity index (χ2n) is 28.7. The zero-order chi connectivity index (χ0) is 85.2. The summed E-state index contributed by atoms with van der Waals surface area (Å²) >= 11 is 5.54. The maximum atomic E-state index is 14.9. The number of carbonyl (C=O) groups excluding carboxylic acids is 13. The number of unbranched alkanes of at least 4 members (excludes halogenated alkanes) is 1. The molecule has 4 aromatic carbocycles. The number of hydrogen-bond acceptors (Lipinski definition) is 23. The van der Waals surface area contributed by atoms with Crippen LogP contribution in [-0.4, -0.2) is 209 Å². The summed E-state index contributed by atoms with van der Waals surface area (Å²) < 4.78 is 12.2. The predicted molar refractivity (Wildman–Crippen MR) is 408 cm³/mol. The smallest absolute Gasteiger partial charge is 0.340 e. The van der Waals surface area contributed by atoms with Gasteiger partial charge in [0.1, 0.15) is 83.4 Å². The highest BCUT2D eigenvalue weighted by Gasteiger charge is 2.54. The number of nitrogens with two attached hydrogens (primary N) is 2. The summed E-state index contributed by atoms with van der Waals surface area (Å²) in [5.74, 6) is -21.9. The Hall–Kier alpha value is -13.1. The Balaban J connectivity index is 0.963. The van der Waals surface area contributed by atoms with Crippen molar-refractivity contribution in [2.75, 3.05) is 18.4 Å². The van der Waals surface area contributed by atoms with Crippen LogP contribution in [0.2, 0.25) is 0 Å². The molecule has 0 saturated carbocycles. The third-order valence-corrected chi connectivity index (χ3v) is 20.1. The van der Waals surface area contributed by atoms with Gasteiger partial charge in [0.15, 0.2) is 16.6 Å². The molecule has 0 unspecified atom stereocenters. The quantitative estimate of drug-likeness (QED) is 0.00744. The molecule has 20 N–H and O–H groups in total. The van der Waals surface area contributed by atoms with Crippen LogP contribution in [-0.2, 0) is 88.7 Å². The van der Waals surface area contributed by atoms with Crippen molar-refractivity contribution in [2.24, 2.45) is 23.3 Å². The van der Waals surface area contributed by atoms with Crippen molar-refractivity contribution in [3.05, 3.63) is 117 Å². The number of primary amides is 2. The normalized spacial score (nSPS) is 19.0. The van der Waals surface area contributed by atoms with Crippen LogP contribution in [0.25, 0.3) is 0 Å². The third-order valence-electron chi connectivity index (χ3n) is 19.9. The minimum absolute atomic E-state index is 0.0350. The summed E-state index contributed by atoms with van der Waals surface area (Å²) in [6.07, 6.45) is -3.66. The first kappa shape index (κ1) is 88.5. The summed E-state index contributed by atoms with van der Waals surface area (Å²) in [6, 6.07) is 1.27. The Morgan fingerprint density at radius 1 is 0.672 bits per heavy atom. The number of carboxylic acids is 3. The minimum Gasteiger partial charge on any atom is -0.508 e. The summed E-state index contributed by atoms with van der Waals surface area (Å²) in [7, 11) is 0. The molecule has 41 heteroatoms. The zero-order valence-corrected chi connectivity index (χ0v) is 64.1. The number of anilines is 1. The molecule has 4 aliphatic heterocycles. The summed E-state index contributed by atoms with van der Waals surface area (Å²) in [4.78, 5) is 229. The van der Waals surface area contributed by atoms with Crippen molar-refractivity contribution in [1.82, 2.24) is 58.1 Å². The highest BCUT2D eigenvalue weighted by molar-refractivity contribution is 7.80. The predicted octanol–water partition coefficient (Wildman–Crippen LogP) is -0.312. The largest absolute Gasteiger partial charge is 0.508 e. The number of carboxylic acid groups (broad SMARTS) is 3. The van der Waals surface area contributed by atoms with E-state index in [0.717, 1.165) is 24.3 Å². The number of hydrogen-bond donors (Lipinski definition) is 18. The van der Waals surface area contributed by atoms with E-state index in [4.69, 9.17) is 33.2 Å². The van der Waals surface area contributed by atoms with Crippen LogP contribution < -0.4 is 74.7 Å². The summed E-state index contributed by atoms with van der Waals surface area (Å²) in [5.41, 5.74) is 11.0. The maximum Gasteiger partial charge on any atom is 0.340 e. The number of amides is 12. The molecule has 12 amide bonds. The van der Waals surface area contributed by atoms with Crippen molar-refractivity contribution < 1.29 is 117 Å². The van der Waals surface area contributed by atoms with Gasteiger partial charge in [-0.1, -0.05) is 51.3 Å². The van der Waals surface area contributed by atoms with E-state index in [0.29, 0.717) is 41.8 Å². The molecule has 0 aliphatic carbocycles. The van der Waals surface area contributed by atoms with Crippen LogP contribution in [0.15, 0.2) is 78.9 Å². The van der Waals surface area contributed by atoms with Crippen LogP contribution in [0.5, 0.6) is 23.0 Å². The van der Waals surface area contributed by atoms with E-state index in [1.54, 1.807) is 38.1 Å². The number of thiocarbonyl (C=S) groups is 1. The topological polar surface area (TPSA) is 623 Å². The average Bonchev–Trinajstić information content (AvgIpc) is 1.52. The molecule has 4 aromatic rings. The third kappa shape index (κ3) is 22.9. The Bertz CT molecular complexity index is 4460. The number of fused-ring (bicyclic) bond motifs is 6. The van der Waals surface area contributed by atoms with E-state index in [2.05, 4.69) is 58.5 Å². The molecular weight excluding hydrogens is 1540 g/mol. The number of ether oxygens (including phenoxy) is 2. The van der Waals surface area contributed by atoms with Crippen LogP contribution in [0, 0.1) is 22.0 Å². The first-order valence-electron chi connectivity index (χ1n) is 37.1. The molecular formula is C75H91N15O25S. The minimum atomic E-state index is -2.51. The number of carbonyl (C=O) groups is 16. The molecule has 1 spiro atoms. The maximum absolute atomic E-state index is 14.9. The van der Waals surface area contributed by atoms with Crippen LogP contribution in [0.3, 0.4) is 0 Å².